The van der Waals surface area contributed by atoms with Gasteiger partial charge >= 0.3 is 5.97 Å². The lowest BCUT2D eigenvalue weighted by Crippen LogP contribution is -2.28. The van der Waals surface area contributed by atoms with Crippen LogP contribution >= 0.6 is 0 Å². The number of aliphatic carboxylic acids is 1. The Bertz CT molecular complexity index is 252. The quantitative estimate of drug-likeness (QED) is 0.661. The summed E-state index contributed by atoms with van der Waals surface area (Å²) < 4.78 is 0. The van der Waals surface area contributed by atoms with E-state index >= 15 is 0 Å². The molecule has 1 aliphatic rings. The number of allylic oxidation sites excluding steroid dienone is 2. The Morgan fingerprint density at radius 1 is 1.75 bits per heavy atom. The van der Waals surface area contributed by atoms with Crippen molar-refractivity contribution in [1.82, 2.24) is 0 Å². The van der Waals surface area contributed by atoms with Gasteiger partial charge in [0, 0.05) is 0 Å². The molecular formula is C9H12O3. The van der Waals surface area contributed by atoms with Crippen LogP contribution in [0.3, 0.4) is 0 Å². The standard InChI is InChI=1S/C9H12O3/c1-2-9(8(11)12)5-3-7(10)4-6-9/h3-5,10H,2,6H2,1H3,(H,11,12). The smallest absolute Gasteiger partial charge is 0.313 e. The van der Waals surface area contributed by atoms with E-state index in [0.29, 0.717) is 12.8 Å². The van der Waals surface area contributed by atoms with Gasteiger partial charge in [0.25, 0.3) is 0 Å². The monoisotopic (exact) mass is 168 g/mol. The summed E-state index contributed by atoms with van der Waals surface area (Å²) in [4.78, 5) is 10.9. The van der Waals surface area contributed by atoms with Gasteiger partial charge in [-0.3, -0.25) is 4.79 Å². The van der Waals surface area contributed by atoms with E-state index < -0.39 is 11.4 Å². The summed E-state index contributed by atoms with van der Waals surface area (Å²) >= 11 is 0. The van der Waals surface area contributed by atoms with Gasteiger partial charge in [0.05, 0.1) is 5.41 Å². The van der Waals surface area contributed by atoms with Gasteiger partial charge < -0.3 is 10.2 Å². The molecule has 0 aromatic rings. The molecule has 3 nitrogen and oxygen atoms in total. The lowest BCUT2D eigenvalue weighted by Gasteiger charge is -2.24. The van der Waals surface area contributed by atoms with Gasteiger partial charge in [0.15, 0.2) is 0 Å². The number of hydrogen-bond acceptors (Lipinski definition) is 2. The summed E-state index contributed by atoms with van der Waals surface area (Å²) in [6.07, 6.45) is 5.47. The van der Waals surface area contributed by atoms with Gasteiger partial charge in [-0.15, -0.1) is 0 Å². The van der Waals surface area contributed by atoms with Crippen LogP contribution < -0.4 is 0 Å². The third-order valence-electron chi connectivity index (χ3n) is 2.31. The Kier molecular flexibility index (Phi) is 2.22. The highest BCUT2D eigenvalue weighted by Gasteiger charge is 2.34. The zero-order valence-corrected chi connectivity index (χ0v) is 6.95. The van der Waals surface area contributed by atoms with E-state index in [4.69, 9.17) is 10.2 Å². The summed E-state index contributed by atoms with van der Waals surface area (Å²) in [5.41, 5.74) is -0.799. The Labute approximate surface area is 71.0 Å². The van der Waals surface area contributed by atoms with Crippen LogP contribution in [0.15, 0.2) is 24.0 Å². The molecule has 0 fully saturated rings. The molecule has 12 heavy (non-hydrogen) atoms. The zero-order valence-electron chi connectivity index (χ0n) is 6.95. The van der Waals surface area contributed by atoms with Gasteiger partial charge in [-0.2, -0.15) is 0 Å². The minimum atomic E-state index is -0.829. The van der Waals surface area contributed by atoms with E-state index in [9.17, 15) is 4.79 Å². The normalized spacial score (nSPS) is 28.2. The Morgan fingerprint density at radius 3 is 2.75 bits per heavy atom. The Morgan fingerprint density at radius 2 is 2.42 bits per heavy atom. The van der Waals surface area contributed by atoms with Crippen LogP contribution in [0.1, 0.15) is 19.8 Å². The fourth-order valence-corrected chi connectivity index (χ4v) is 1.24. The van der Waals surface area contributed by atoms with Crippen LogP contribution in [0, 0.1) is 5.41 Å². The first-order chi connectivity index (χ1) is 5.60. The first kappa shape index (κ1) is 8.84. The molecule has 0 saturated carbocycles. The molecule has 66 valence electrons. The highest BCUT2D eigenvalue weighted by atomic mass is 16.4. The average molecular weight is 168 g/mol. The van der Waals surface area contributed by atoms with Crippen LogP contribution in [0.25, 0.3) is 0 Å². The molecule has 0 saturated heterocycles. The number of carboxylic acids is 1. The van der Waals surface area contributed by atoms with Crippen molar-refractivity contribution in [3.63, 3.8) is 0 Å². The molecule has 0 radical (unpaired) electrons. The number of carbonyl (C=O) groups is 1. The SMILES string of the molecule is CCC1(C(=O)O)C=CC(O)=CC1. The van der Waals surface area contributed by atoms with Gasteiger partial charge in [-0.25, -0.2) is 0 Å². The molecule has 1 atom stereocenters. The number of carboxylic acid groups (broad SMARTS) is 1. The van der Waals surface area contributed by atoms with Gasteiger partial charge in [0.2, 0.25) is 0 Å². The lowest BCUT2D eigenvalue weighted by atomic mass is 9.79. The molecule has 0 heterocycles. The third kappa shape index (κ3) is 1.35. The molecule has 0 bridgehead atoms. The minimum absolute atomic E-state index is 0.153. The van der Waals surface area contributed by atoms with Crippen molar-refractivity contribution in [3.8, 4) is 0 Å². The Hall–Kier alpha value is -1.25. The number of aliphatic hydroxyl groups is 1. The molecule has 1 aliphatic carbocycles. The topological polar surface area (TPSA) is 57.5 Å². The van der Waals surface area contributed by atoms with Crippen molar-refractivity contribution in [2.24, 2.45) is 5.41 Å². The number of hydrogen-bond donors (Lipinski definition) is 2. The van der Waals surface area contributed by atoms with E-state index in [1.807, 2.05) is 6.92 Å². The molecular weight excluding hydrogens is 156 g/mol. The second kappa shape index (κ2) is 3.01. The molecule has 0 aromatic carbocycles. The largest absolute Gasteiger partial charge is 0.508 e. The molecule has 1 rings (SSSR count). The lowest BCUT2D eigenvalue weighted by molar-refractivity contribution is -0.146. The molecule has 1 unspecified atom stereocenters. The van der Waals surface area contributed by atoms with E-state index in [1.54, 1.807) is 6.08 Å². The molecule has 0 amide bonds. The summed E-state index contributed by atoms with van der Waals surface area (Å²) in [6, 6.07) is 0. The van der Waals surface area contributed by atoms with Crippen molar-refractivity contribution in [3.05, 3.63) is 24.0 Å². The van der Waals surface area contributed by atoms with E-state index in [0.717, 1.165) is 0 Å². The van der Waals surface area contributed by atoms with Crippen LogP contribution in [0.5, 0.6) is 0 Å². The summed E-state index contributed by atoms with van der Waals surface area (Å²) in [6.45, 7) is 1.83. The molecule has 0 aliphatic heterocycles. The molecule has 0 spiro atoms. The van der Waals surface area contributed by atoms with Crippen molar-refractivity contribution >= 4 is 5.97 Å². The summed E-state index contributed by atoms with van der Waals surface area (Å²) in [5, 5.41) is 17.9. The van der Waals surface area contributed by atoms with E-state index in [2.05, 4.69) is 0 Å². The van der Waals surface area contributed by atoms with Crippen molar-refractivity contribution in [2.45, 2.75) is 19.8 Å². The number of rotatable bonds is 2. The fraction of sp³-hybridized carbons (Fsp3) is 0.444. The Balaban J connectivity index is 2.88. The maximum Gasteiger partial charge on any atom is 0.313 e. The first-order valence-corrected chi connectivity index (χ1v) is 3.92. The second-order valence-electron chi connectivity index (χ2n) is 2.98. The first-order valence-electron chi connectivity index (χ1n) is 3.92. The van der Waals surface area contributed by atoms with Gasteiger partial charge in [0.1, 0.15) is 5.76 Å². The van der Waals surface area contributed by atoms with E-state index in [1.165, 1.54) is 12.2 Å². The fourth-order valence-electron chi connectivity index (χ4n) is 1.24. The molecule has 3 heteroatoms. The second-order valence-corrected chi connectivity index (χ2v) is 2.98. The number of aliphatic hydroxyl groups excluding tert-OH is 1. The minimum Gasteiger partial charge on any atom is -0.508 e. The summed E-state index contributed by atoms with van der Waals surface area (Å²) in [5.74, 6) is -0.676. The third-order valence-corrected chi connectivity index (χ3v) is 2.31. The zero-order chi connectivity index (χ0) is 9.19. The van der Waals surface area contributed by atoms with Crippen LogP contribution in [0.4, 0.5) is 0 Å². The van der Waals surface area contributed by atoms with Crippen LogP contribution in [-0.4, -0.2) is 16.2 Å². The highest BCUT2D eigenvalue weighted by molar-refractivity contribution is 5.77. The average Bonchev–Trinajstić information content (AvgIpc) is 2.06. The van der Waals surface area contributed by atoms with Gasteiger partial charge in [-0.05, 0) is 25.0 Å². The van der Waals surface area contributed by atoms with Crippen LogP contribution in [0.2, 0.25) is 0 Å². The summed E-state index contributed by atoms with van der Waals surface area (Å²) in [7, 11) is 0. The molecule has 0 aromatic heterocycles. The maximum absolute atomic E-state index is 10.9. The predicted octanol–water partition coefficient (Wildman–Crippen LogP) is 1.87. The van der Waals surface area contributed by atoms with Crippen molar-refractivity contribution < 1.29 is 15.0 Å². The highest BCUT2D eigenvalue weighted by Crippen LogP contribution is 2.32. The van der Waals surface area contributed by atoms with Crippen LogP contribution in [-0.2, 0) is 4.79 Å². The van der Waals surface area contributed by atoms with Gasteiger partial charge in [-0.1, -0.05) is 13.0 Å². The predicted molar refractivity (Wildman–Crippen MR) is 44.8 cm³/mol. The van der Waals surface area contributed by atoms with E-state index in [-0.39, 0.29) is 5.76 Å². The van der Waals surface area contributed by atoms with Crippen molar-refractivity contribution in [2.75, 3.05) is 0 Å². The maximum atomic E-state index is 10.9. The van der Waals surface area contributed by atoms with Crippen molar-refractivity contribution in [1.29, 1.82) is 0 Å². The molecule has 2 N–H and O–H groups in total.